The third-order valence-electron chi connectivity index (χ3n) is 4.23. The lowest BCUT2D eigenvalue weighted by Gasteiger charge is -2.26. The number of nitrogens with one attached hydrogen (secondary N) is 3. The van der Waals surface area contributed by atoms with Crippen LogP contribution < -0.4 is 27.4 Å². The third kappa shape index (κ3) is 9.71. The number of aliphatic hydroxyl groups is 2. The average Bonchev–Trinajstić information content (AvgIpc) is 2.66. The molecule has 30 heavy (non-hydrogen) atoms. The van der Waals surface area contributed by atoms with Crippen LogP contribution in [0.4, 0.5) is 0 Å². The molecule has 0 heterocycles. The van der Waals surface area contributed by atoms with Gasteiger partial charge in [-0.3, -0.25) is 14.4 Å². The van der Waals surface area contributed by atoms with Crippen LogP contribution in [0, 0.1) is 0 Å². The Bertz CT molecular complexity index is 591. The average molecular weight is 452 g/mol. The lowest BCUT2D eigenvalue weighted by molar-refractivity contribution is -0.146. The van der Waals surface area contributed by atoms with Gasteiger partial charge in [-0.25, -0.2) is 4.79 Å². The molecule has 0 aliphatic rings. The van der Waals surface area contributed by atoms with Gasteiger partial charge in [0.15, 0.2) is 6.04 Å². The first-order valence-electron chi connectivity index (χ1n) is 9.52. The van der Waals surface area contributed by atoms with E-state index in [1.54, 1.807) is 0 Å². The van der Waals surface area contributed by atoms with Gasteiger partial charge in [0.05, 0.1) is 18.2 Å². The molecule has 0 aliphatic heterocycles. The fourth-order valence-corrected chi connectivity index (χ4v) is 2.66. The maximum Gasteiger partial charge on any atom is 0.328 e. The summed E-state index contributed by atoms with van der Waals surface area (Å²) < 4.78 is 0. The molecule has 0 spiro atoms. The first-order valence-corrected chi connectivity index (χ1v) is 10.2. The quantitative estimate of drug-likeness (QED) is 0.0951. The Morgan fingerprint density at radius 2 is 1.43 bits per heavy atom. The molecule has 0 bridgehead atoms. The normalized spacial score (nSPS) is 17.0. The number of amides is 3. The van der Waals surface area contributed by atoms with Gasteiger partial charge < -0.3 is 42.7 Å². The number of nitrogens with two attached hydrogens (primary N) is 2. The highest BCUT2D eigenvalue weighted by atomic mass is 32.1. The predicted molar refractivity (Wildman–Crippen MR) is 112 cm³/mol. The Balaban J connectivity index is 5.07. The Kier molecular flexibility index (Phi) is 13.2. The van der Waals surface area contributed by atoms with E-state index in [-0.39, 0.29) is 5.75 Å². The zero-order valence-corrected chi connectivity index (χ0v) is 18.0. The minimum Gasteiger partial charge on any atom is -0.480 e. The number of carbonyl (C=O) groups is 4. The molecule has 0 rings (SSSR count). The molecule has 0 aromatic carbocycles. The second-order valence-electron chi connectivity index (χ2n) is 6.93. The summed E-state index contributed by atoms with van der Waals surface area (Å²) in [4.78, 5) is 48.1. The topological polar surface area (TPSA) is 217 Å². The van der Waals surface area contributed by atoms with Crippen LogP contribution in [0.5, 0.6) is 0 Å². The smallest absolute Gasteiger partial charge is 0.328 e. The number of rotatable bonds is 14. The van der Waals surface area contributed by atoms with Crippen LogP contribution in [0.1, 0.15) is 33.1 Å². The van der Waals surface area contributed by atoms with Crippen molar-refractivity contribution >= 4 is 36.3 Å². The summed E-state index contributed by atoms with van der Waals surface area (Å²) in [5, 5.41) is 35.1. The fraction of sp³-hybridized carbons (Fsp3) is 0.765. The van der Waals surface area contributed by atoms with Crippen molar-refractivity contribution in [2.45, 2.75) is 69.5 Å². The van der Waals surface area contributed by atoms with Gasteiger partial charge in [0.25, 0.3) is 0 Å². The molecule has 0 fully saturated rings. The van der Waals surface area contributed by atoms with Crippen molar-refractivity contribution in [3.05, 3.63) is 0 Å². The molecule has 12 nitrogen and oxygen atoms in total. The number of carbonyl (C=O) groups excluding carboxylic acids is 3. The van der Waals surface area contributed by atoms with Crippen LogP contribution in [0.2, 0.25) is 0 Å². The Morgan fingerprint density at radius 3 is 1.87 bits per heavy atom. The number of carboxylic acid groups (broad SMARTS) is 1. The van der Waals surface area contributed by atoms with Gasteiger partial charge in [0.2, 0.25) is 17.7 Å². The molecule has 0 aliphatic carbocycles. The molecule has 0 saturated carbocycles. The summed E-state index contributed by atoms with van der Waals surface area (Å²) in [6, 6.07) is -5.18. The molecule has 0 saturated heterocycles. The van der Waals surface area contributed by atoms with Crippen LogP contribution in [-0.2, 0) is 19.2 Å². The van der Waals surface area contributed by atoms with Gasteiger partial charge >= 0.3 is 5.97 Å². The van der Waals surface area contributed by atoms with Gasteiger partial charge in [-0.15, -0.1) is 0 Å². The zero-order valence-electron chi connectivity index (χ0n) is 17.1. The van der Waals surface area contributed by atoms with E-state index < -0.39 is 60.1 Å². The molecule has 6 atom stereocenters. The van der Waals surface area contributed by atoms with E-state index in [9.17, 15) is 29.4 Å². The monoisotopic (exact) mass is 451 g/mol. The van der Waals surface area contributed by atoms with Crippen LogP contribution in [0.3, 0.4) is 0 Å². The van der Waals surface area contributed by atoms with Gasteiger partial charge in [-0.05, 0) is 33.2 Å². The Hall–Kier alpha value is -1.93. The SMILES string of the molecule is CC(O)C(NC(=O)C(NC(=O)C(CS)NC(=O)C(N)CCCCN)C(C)O)C(=O)O. The number of thiol groups is 1. The molecule has 13 heteroatoms. The van der Waals surface area contributed by atoms with E-state index in [0.29, 0.717) is 25.8 Å². The molecule has 0 aromatic heterocycles. The van der Waals surface area contributed by atoms with Crippen molar-refractivity contribution in [1.29, 1.82) is 0 Å². The van der Waals surface area contributed by atoms with E-state index >= 15 is 0 Å². The molecule has 10 N–H and O–H groups in total. The lowest BCUT2D eigenvalue weighted by atomic mass is 10.1. The van der Waals surface area contributed by atoms with Crippen molar-refractivity contribution in [2.24, 2.45) is 11.5 Å². The van der Waals surface area contributed by atoms with E-state index in [2.05, 4.69) is 23.3 Å². The number of carboxylic acids is 1. The molecule has 3 amide bonds. The number of aliphatic hydroxyl groups excluding tert-OH is 2. The molecule has 174 valence electrons. The second-order valence-corrected chi connectivity index (χ2v) is 7.29. The van der Waals surface area contributed by atoms with Crippen LogP contribution >= 0.6 is 12.6 Å². The largest absolute Gasteiger partial charge is 0.480 e. The van der Waals surface area contributed by atoms with Gasteiger partial charge in [0.1, 0.15) is 12.1 Å². The summed E-state index contributed by atoms with van der Waals surface area (Å²) >= 11 is 4.01. The van der Waals surface area contributed by atoms with Crippen molar-refractivity contribution in [3.63, 3.8) is 0 Å². The van der Waals surface area contributed by atoms with E-state index in [4.69, 9.17) is 16.6 Å². The van der Waals surface area contributed by atoms with Gasteiger partial charge in [-0.1, -0.05) is 6.42 Å². The lowest BCUT2D eigenvalue weighted by Crippen LogP contribution is -2.61. The maximum absolute atomic E-state index is 12.5. The Morgan fingerprint density at radius 1 is 0.900 bits per heavy atom. The summed E-state index contributed by atoms with van der Waals surface area (Å²) in [5.41, 5.74) is 11.2. The van der Waals surface area contributed by atoms with Crippen LogP contribution in [-0.4, -0.2) is 87.7 Å². The maximum atomic E-state index is 12.5. The first-order chi connectivity index (χ1) is 14.0. The zero-order chi connectivity index (χ0) is 23.4. The first kappa shape index (κ1) is 28.1. The minimum absolute atomic E-state index is 0.118. The number of hydrogen-bond acceptors (Lipinski definition) is 9. The summed E-state index contributed by atoms with van der Waals surface area (Å²) in [5.74, 6) is -4.03. The van der Waals surface area contributed by atoms with E-state index in [1.165, 1.54) is 6.92 Å². The van der Waals surface area contributed by atoms with Crippen molar-refractivity contribution in [1.82, 2.24) is 16.0 Å². The molecule has 0 aromatic rings. The number of hydrogen-bond donors (Lipinski definition) is 9. The van der Waals surface area contributed by atoms with Gasteiger partial charge in [0, 0.05) is 5.75 Å². The van der Waals surface area contributed by atoms with E-state index in [0.717, 1.165) is 6.92 Å². The van der Waals surface area contributed by atoms with Crippen molar-refractivity contribution in [2.75, 3.05) is 12.3 Å². The van der Waals surface area contributed by atoms with Crippen molar-refractivity contribution in [3.8, 4) is 0 Å². The minimum atomic E-state index is -1.64. The molecule has 0 radical (unpaired) electrons. The molecular weight excluding hydrogens is 418 g/mol. The predicted octanol–water partition coefficient (Wildman–Crippen LogP) is -3.33. The Labute approximate surface area is 180 Å². The molecular formula is C17H33N5O7S. The third-order valence-corrected chi connectivity index (χ3v) is 4.60. The summed E-state index contributed by atoms with van der Waals surface area (Å²) in [6.45, 7) is 2.85. The highest BCUT2D eigenvalue weighted by molar-refractivity contribution is 7.80. The van der Waals surface area contributed by atoms with E-state index in [1.807, 2.05) is 5.32 Å². The number of unbranched alkanes of at least 4 members (excludes halogenated alkanes) is 1. The molecule has 6 unspecified atom stereocenters. The second kappa shape index (κ2) is 14.1. The van der Waals surface area contributed by atoms with Gasteiger partial charge in [-0.2, -0.15) is 12.6 Å². The summed E-state index contributed by atoms with van der Waals surface area (Å²) in [7, 11) is 0. The standard InChI is InChI=1S/C17H33N5O7S/c1-8(23)12(16(27)22-13(9(2)24)17(28)29)21-15(26)11(7-30)20-14(25)10(19)5-3-4-6-18/h8-13,23-24,30H,3-7,18-19H2,1-2H3,(H,20,25)(H,21,26)(H,22,27)(H,28,29). The number of aliphatic carboxylic acids is 1. The van der Waals surface area contributed by atoms with Crippen molar-refractivity contribution < 1.29 is 34.5 Å². The summed E-state index contributed by atoms with van der Waals surface area (Å²) in [6.07, 6.45) is -1.10. The highest BCUT2D eigenvalue weighted by Gasteiger charge is 2.33. The van der Waals surface area contributed by atoms with Crippen LogP contribution in [0.25, 0.3) is 0 Å². The van der Waals surface area contributed by atoms with Crippen LogP contribution in [0.15, 0.2) is 0 Å². The fourth-order valence-electron chi connectivity index (χ4n) is 2.40. The highest BCUT2D eigenvalue weighted by Crippen LogP contribution is 2.02.